The number of esters is 3. The van der Waals surface area contributed by atoms with Gasteiger partial charge in [-0.15, -0.1) is 0 Å². The molecule has 16 heavy (non-hydrogen) atoms. The Morgan fingerprint density at radius 2 is 1.19 bits per heavy atom. The van der Waals surface area contributed by atoms with E-state index in [-0.39, 0.29) is 6.42 Å². The molecule has 0 aromatic heterocycles. The smallest absolute Gasteiger partial charge is 0.310 e. The molecule has 1 fully saturated rings. The van der Waals surface area contributed by atoms with Crippen LogP contribution in [-0.4, -0.2) is 39.2 Å². The number of rotatable bonds is 3. The van der Waals surface area contributed by atoms with E-state index < -0.39 is 35.7 Å². The molecule has 1 aliphatic rings. The average Bonchev–Trinajstić information content (AvgIpc) is 2.26. The quantitative estimate of drug-likeness (QED) is 0.491. The minimum absolute atomic E-state index is 0.263. The monoisotopic (exact) mass is 230 g/mol. The first-order chi connectivity index (χ1) is 7.56. The van der Waals surface area contributed by atoms with Crippen LogP contribution in [0.5, 0.6) is 0 Å². The van der Waals surface area contributed by atoms with Gasteiger partial charge in [-0.2, -0.15) is 0 Å². The van der Waals surface area contributed by atoms with Crippen LogP contribution in [0.1, 0.15) is 6.42 Å². The molecule has 0 bridgehead atoms. The minimum atomic E-state index is -0.787. The summed E-state index contributed by atoms with van der Waals surface area (Å²) in [5, 5.41) is 0. The normalized spacial score (nSPS) is 27.6. The van der Waals surface area contributed by atoms with Crippen molar-refractivity contribution in [2.24, 2.45) is 17.8 Å². The summed E-state index contributed by atoms with van der Waals surface area (Å²) >= 11 is 0. The zero-order chi connectivity index (χ0) is 12.3. The van der Waals surface area contributed by atoms with E-state index in [0.29, 0.717) is 0 Å². The number of carbonyl (C=O) groups excluding carboxylic acids is 3. The second-order valence-electron chi connectivity index (χ2n) is 3.54. The molecule has 0 aromatic carbocycles. The van der Waals surface area contributed by atoms with E-state index in [2.05, 4.69) is 14.2 Å². The highest BCUT2D eigenvalue weighted by atomic mass is 16.5. The maximum Gasteiger partial charge on any atom is 0.310 e. The van der Waals surface area contributed by atoms with Crippen molar-refractivity contribution in [2.45, 2.75) is 6.42 Å². The molecule has 0 amide bonds. The molecule has 90 valence electrons. The van der Waals surface area contributed by atoms with Crippen molar-refractivity contribution in [3.05, 3.63) is 0 Å². The molecule has 1 rings (SSSR count). The Kier molecular flexibility index (Phi) is 3.87. The van der Waals surface area contributed by atoms with Crippen LogP contribution in [0, 0.1) is 17.8 Å². The van der Waals surface area contributed by atoms with Crippen molar-refractivity contribution < 1.29 is 28.6 Å². The number of carbonyl (C=O) groups is 3. The van der Waals surface area contributed by atoms with E-state index in [1.54, 1.807) is 0 Å². The van der Waals surface area contributed by atoms with Gasteiger partial charge >= 0.3 is 17.9 Å². The summed E-state index contributed by atoms with van der Waals surface area (Å²) in [6, 6.07) is 0. The second kappa shape index (κ2) is 4.96. The van der Waals surface area contributed by atoms with E-state index in [1.807, 2.05) is 0 Å². The first-order valence-corrected chi connectivity index (χ1v) is 4.80. The lowest BCUT2D eigenvalue weighted by molar-refractivity contribution is -0.178. The van der Waals surface area contributed by atoms with E-state index in [4.69, 9.17) is 0 Å². The molecule has 0 radical (unpaired) electrons. The maximum absolute atomic E-state index is 11.4. The molecule has 0 N–H and O–H groups in total. The predicted octanol–water partition coefficient (Wildman–Crippen LogP) is -0.242. The molecule has 6 heteroatoms. The summed E-state index contributed by atoms with van der Waals surface area (Å²) in [5.41, 5.74) is 0. The van der Waals surface area contributed by atoms with E-state index >= 15 is 0 Å². The van der Waals surface area contributed by atoms with Gasteiger partial charge in [0, 0.05) is 0 Å². The van der Waals surface area contributed by atoms with Gasteiger partial charge in [-0.3, -0.25) is 14.4 Å². The zero-order valence-corrected chi connectivity index (χ0v) is 9.39. The molecule has 0 aromatic rings. The largest absolute Gasteiger partial charge is 0.469 e. The Bertz CT molecular complexity index is 288. The third-order valence-corrected chi connectivity index (χ3v) is 2.86. The van der Waals surface area contributed by atoms with Gasteiger partial charge in [0.2, 0.25) is 0 Å². The summed E-state index contributed by atoms with van der Waals surface area (Å²) in [6.07, 6.45) is 0.263. The third-order valence-electron chi connectivity index (χ3n) is 2.86. The van der Waals surface area contributed by atoms with Gasteiger partial charge in [0.05, 0.1) is 39.1 Å². The van der Waals surface area contributed by atoms with Crippen LogP contribution in [0.2, 0.25) is 0 Å². The molecule has 0 heterocycles. The van der Waals surface area contributed by atoms with Crippen LogP contribution in [0.3, 0.4) is 0 Å². The van der Waals surface area contributed by atoms with Gasteiger partial charge < -0.3 is 14.2 Å². The Morgan fingerprint density at radius 3 is 1.50 bits per heavy atom. The molecular formula is C10H14O6. The van der Waals surface area contributed by atoms with Crippen molar-refractivity contribution in [3.8, 4) is 0 Å². The Balaban J connectivity index is 2.77. The van der Waals surface area contributed by atoms with Crippen molar-refractivity contribution in [1.29, 1.82) is 0 Å². The molecule has 0 spiro atoms. The van der Waals surface area contributed by atoms with Crippen LogP contribution in [0.25, 0.3) is 0 Å². The van der Waals surface area contributed by atoms with E-state index in [0.717, 1.165) is 0 Å². The highest BCUT2D eigenvalue weighted by molar-refractivity contribution is 5.90. The first kappa shape index (κ1) is 12.5. The van der Waals surface area contributed by atoms with Crippen molar-refractivity contribution in [3.63, 3.8) is 0 Å². The lowest BCUT2D eigenvalue weighted by Gasteiger charge is -2.38. The van der Waals surface area contributed by atoms with E-state index in [9.17, 15) is 14.4 Å². The van der Waals surface area contributed by atoms with Gasteiger partial charge in [0.1, 0.15) is 0 Å². The summed E-state index contributed by atoms with van der Waals surface area (Å²) in [6.45, 7) is 0. The summed E-state index contributed by atoms with van der Waals surface area (Å²) in [4.78, 5) is 34.0. The Morgan fingerprint density at radius 1 is 0.812 bits per heavy atom. The van der Waals surface area contributed by atoms with Crippen LogP contribution < -0.4 is 0 Å². The highest BCUT2D eigenvalue weighted by Crippen LogP contribution is 2.42. The summed E-state index contributed by atoms with van der Waals surface area (Å²) in [5.74, 6) is -3.60. The molecule has 0 saturated heterocycles. The van der Waals surface area contributed by atoms with Crippen LogP contribution in [-0.2, 0) is 28.6 Å². The molecule has 6 nitrogen and oxygen atoms in total. The summed E-state index contributed by atoms with van der Waals surface area (Å²) in [7, 11) is 3.69. The minimum Gasteiger partial charge on any atom is -0.469 e. The molecule has 1 saturated carbocycles. The predicted molar refractivity (Wildman–Crippen MR) is 51.1 cm³/mol. The van der Waals surface area contributed by atoms with Crippen LogP contribution in [0.4, 0.5) is 0 Å². The third kappa shape index (κ3) is 2.00. The lowest BCUT2D eigenvalue weighted by atomic mass is 9.64. The SMILES string of the molecule is COC(=O)C1[C@@H](C(=O)OC)C[C@H]1C(=O)OC. The van der Waals surface area contributed by atoms with Crippen molar-refractivity contribution in [1.82, 2.24) is 0 Å². The number of hydrogen-bond donors (Lipinski definition) is 0. The molecule has 1 unspecified atom stereocenters. The molecule has 0 aliphatic heterocycles. The fraction of sp³-hybridized carbons (Fsp3) is 0.700. The lowest BCUT2D eigenvalue weighted by Crippen LogP contribution is -2.50. The van der Waals surface area contributed by atoms with Gasteiger partial charge in [-0.1, -0.05) is 0 Å². The van der Waals surface area contributed by atoms with Gasteiger partial charge in [-0.05, 0) is 6.42 Å². The van der Waals surface area contributed by atoms with Crippen molar-refractivity contribution >= 4 is 17.9 Å². The maximum atomic E-state index is 11.4. The number of methoxy groups -OCH3 is 3. The topological polar surface area (TPSA) is 78.9 Å². The standard InChI is InChI=1S/C10H14O6/c1-14-8(11)5-4-6(9(12)15-2)7(5)10(13)16-3/h5-7H,4H2,1-3H3/t5-,6+,7?. The Hall–Kier alpha value is -1.59. The van der Waals surface area contributed by atoms with E-state index in [1.165, 1.54) is 21.3 Å². The fourth-order valence-electron chi connectivity index (χ4n) is 1.90. The molecule has 3 atom stereocenters. The average molecular weight is 230 g/mol. The van der Waals surface area contributed by atoms with Crippen LogP contribution >= 0.6 is 0 Å². The van der Waals surface area contributed by atoms with Gasteiger partial charge in [0.15, 0.2) is 0 Å². The second-order valence-corrected chi connectivity index (χ2v) is 3.54. The highest BCUT2D eigenvalue weighted by Gasteiger charge is 2.54. The fourth-order valence-corrected chi connectivity index (χ4v) is 1.90. The molecule has 1 aliphatic carbocycles. The number of hydrogen-bond acceptors (Lipinski definition) is 6. The first-order valence-electron chi connectivity index (χ1n) is 4.80. The van der Waals surface area contributed by atoms with Crippen molar-refractivity contribution in [2.75, 3.05) is 21.3 Å². The van der Waals surface area contributed by atoms with Crippen LogP contribution in [0.15, 0.2) is 0 Å². The zero-order valence-electron chi connectivity index (χ0n) is 9.39. The Labute approximate surface area is 92.8 Å². The van der Waals surface area contributed by atoms with Gasteiger partial charge in [-0.25, -0.2) is 0 Å². The molecular weight excluding hydrogens is 216 g/mol. The van der Waals surface area contributed by atoms with Gasteiger partial charge in [0.25, 0.3) is 0 Å². The summed E-state index contributed by atoms with van der Waals surface area (Å²) < 4.78 is 13.6. The number of ether oxygens (including phenoxy) is 3.